The van der Waals surface area contributed by atoms with Crippen molar-refractivity contribution in [1.29, 1.82) is 0 Å². The van der Waals surface area contributed by atoms with Crippen molar-refractivity contribution in [3.05, 3.63) is 33.6 Å². The predicted molar refractivity (Wildman–Crippen MR) is 112 cm³/mol. The molecule has 0 fully saturated rings. The molecule has 0 saturated carbocycles. The van der Waals surface area contributed by atoms with Crippen molar-refractivity contribution >= 4 is 34.6 Å². The fraction of sp³-hybridized carbons (Fsp3) is 0.444. The van der Waals surface area contributed by atoms with E-state index in [1.54, 1.807) is 31.3 Å². The zero-order valence-corrected chi connectivity index (χ0v) is 17.9. The van der Waals surface area contributed by atoms with Gasteiger partial charge in [-0.1, -0.05) is 11.6 Å². The molecule has 1 aromatic heterocycles. The predicted octanol–water partition coefficient (Wildman–Crippen LogP) is 2.90. The number of anilines is 3. The van der Waals surface area contributed by atoms with Gasteiger partial charge in [0.2, 0.25) is 11.6 Å². The molecular weight excluding hydrogens is 418 g/mol. The lowest BCUT2D eigenvalue weighted by Crippen LogP contribution is -2.32. The van der Waals surface area contributed by atoms with Crippen LogP contribution >= 0.6 is 11.6 Å². The van der Waals surface area contributed by atoms with Crippen LogP contribution in [0.25, 0.3) is 0 Å². The normalized spacial score (nSPS) is 10.6. The number of ether oxygens (including phenoxy) is 4. The van der Waals surface area contributed by atoms with Gasteiger partial charge in [-0.15, -0.1) is 0 Å². The van der Waals surface area contributed by atoms with Crippen molar-refractivity contribution in [2.45, 2.75) is 0 Å². The Kier molecular flexibility index (Phi) is 8.84. The lowest BCUT2D eigenvalue weighted by atomic mass is 10.2. The Morgan fingerprint density at radius 1 is 1.07 bits per heavy atom. The quantitative estimate of drug-likeness (QED) is 0.388. The number of methoxy groups -OCH3 is 4. The molecule has 0 aliphatic carbocycles. The standard InChI is InChI=1S/C18H24ClN5O6/c1-27-7-5-23(6-8-28-2)18-16(24(25)26)17(20-11-21-18)22-13-9-12(19)14(29-3)10-15(13)30-4/h9-11H,5-8H2,1-4H3,(H,20,21,22). The molecule has 0 unspecified atom stereocenters. The number of benzene rings is 1. The minimum Gasteiger partial charge on any atom is -0.495 e. The number of rotatable bonds is 12. The Balaban J connectivity index is 2.50. The average Bonchev–Trinajstić information content (AvgIpc) is 2.73. The van der Waals surface area contributed by atoms with Crippen LogP contribution in [0.3, 0.4) is 0 Å². The maximum absolute atomic E-state index is 11.9. The van der Waals surface area contributed by atoms with Crippen LogP contribution in [0.2, 0.25) is 5.02 Å². The summed E-state index contributed by atoms with van der Waals surface area (Å²) in [6.45, 7) is 1.48. The van der Waals surface area contributed by atoms with Crippen molar-refractivity contribution < 1.29 is 23.9 Å². The number of nitro groups is 1. The highest BCUT2D eigenvalue weighted by atomic mass is 35.5. The molecule has 1 aromatic carbocycles. The fourth-order valence-electron chi connectivity index (χ4n) is 2.67. The maximum Gasteiger partial charge on any atom is 0.353 e. The topological polar surface area (TPSA) is 121 Å². The minimum absolute atomic E-state index is 0.00985. The van der Waals surface area contributed by atoms with Gasteiger partial charge in [-0.2, -0.15) is 0 Å². The van der Waals surface area contributed by atoms with E-state index in [4.69, 9.17) is 30.5 Å². The molecule has 164 valence electrons. The van der Waals surface area contributed by atoms with Crippen molar-refractivity contribution in [3.8, 4) is 11.5 Å². The molecule has 0 saturated heterocycles. The van der Waals surface area contributed by atoms with E-state index in [9.17, 15) is 10.1 Å². The van der Waals surface area contributed by atoms with Gasteiger partial charge in [-0.05, 0) is 6.07 Å². The number of hydrogen-bond donors (Lipinski definition) is 1. The molecular formula is C18H24ClN5O6. The van der Waals surface area contributed by atoms with Gasteiger partial charge in [0.15, 0.2) is 0 Å². The number of nitrogens with zero attached hydrogens (tertiary/aromatic N) is 4. The van der Waals surface area contributed by atoms with Gasteiger partial charge in [-0.3, -0.25) is 10.1 Å². The highest BCUT2D eigenvalue weighted by molar-refractivity contribution is 6.32. The van der Waals surface area contributed by atoms with Crippen LogP contribution in [0.1, 0.15) is 0 Å². The third-order valence-electron chi connectivity index (χ3n) is 4.14. The van der Waals surface area contributed by atoms with E-state index in [-0.39, 0.29) is 17.3 Å². The van der Waals surface area contributed by atoms with Crippen LogP contribution in [-0.2, 0) is 9.47 Å². The molecule has 2 aromatic rings. The number of aromatic nitrogens is 2. The van der Waals surface area contributed by atoms with Crippen molar-refractivity contribution in [2.75, 3.05) is 65.0 Å². The summed E-state index contributed by atoms with van der Waals surface area (Å²) in [4.78, 5) is 21.3. The van der Waals surface area contributed by atoms with E-state index in [1.807, 2.05) is 0 Å². The first kappa shape index (κ1) is 23.4. The first-order valence-corrected chi connectivity index (χ1v) is 9.25. The third kappa shape index (κ3) is 5.59. The Bertz CT molecular complexity index is 861. The van der Waals surface area contributed by atoms with Gasteiger partial charge in [0.05, 0.1) is 43.1 Å². The van der Waals surface area contributed by atoms with Crippen LogP contribution in [0.4, 0.5) is 23.0 Å². The number of hydrogen-bond acceptors (Lipinski definition) is 10. The molecule has 0 aliphatic rings. The van der Waals surface area contributed by atoms with Crippen LogP contribution in [0.5, 0.6) is 11.5 Å². The lowest BCUT2D eigenvalue weighted by Gasteiger charge is -2.23. The van der Waals surface area contributed by atoms with E-state index in [0.717, 1.165) is 0 Å². The number of nitrogens with one attached hydrogen (secondary N) is 1. The molecule has 30 heavy (non-hydrogen) atoms. The van der Waals surface area contributed by atoms with Crippen LogP contribution in [-0.4, -0.2) is 69.6 Å². The van der Waals surface area contributed by atoms with Gasteiger partial charge in [0.1, 0.15) is 17.8 Å². The molecule has 1 heterocycles. The summed E-state index contributed by atoms with van der Waals surface area (Å²) in [5.41, 5.74) is 0.0927. The van der Waals surface area contributed by atoms with Crippen molar-refractivity contribution in [3.63, 3.8) is 0 Å². The van der Waals surface area contributed by atoms with Crippen molar-refractivity contribution in [1.82, 2.24) is 9.97 Å². The van der Waals surface area contributed by atoms with E-state index >= 15 is 0 Å². The SMILES string of the molecule is COCCN(CCOC)c1ncnc(Nc2cc(Cl)c(OC)cc2OC)c1[N+](=O)[O-]. The second kappa shape index (κ2) is 11.3. The largest absolute Gasteiger partial charge is 0.495 e. The first-order valence-electron chi connectivity index (χ1n) is 8.87. The Hall–Kier alpha value is -2.89. The summed E-state index contributed by atoms with van der Waals surface area (Å²) in [5, 5.41) is 15.2. The molecule has 2 rings (SSSR count). The maximum atomic E-state index is 11.9. The zero-order chi connectivity index (χ0) is 22.1. The molecule has 1 N–H and O–H groups in total. The molecule has 0 radical (unpaired) electrons. The van der Waals surface area contributed by atoms with Crippen molar-refractivity contribution in [2.24, 2.45) is 0 Å². The average molecular weight is 442 g/mol. The van der Waals surface area contributed by atoms with Crippen LogP contribution in [0.15, 0.2) is 18.5 Å². The van der Waals surface area contributed by atoms with Crippen LogP contribution in [0, 0.1) is 10.1 Å². The fourth-order valence-corrected chi connectivity index (χ4v) is 2.91. The molecule has 0 amide bonds. The smallest absolute Gasteiger partial charge is 0.353 e. The van der Waals surface area contributed by atoms with Gasteiger partial charge >= 0.3 is 5.69 Å². The summed E-state index contributed by atoms with van der Waals surface area (Å²) < 4.78 is 20.7. The van der Waals surface area contributed by atoms with E-state index in [1.165, 1.54) is 20.5 Å². The Labute approximate surface area is 179 Å². The van der Waals surface area contributed by atoms with E-state index in [0.29, 0.717) is 48.5 Å². The molecule has 12 heteroatoms. The second-order valence-electron chi connectivity index (χ2n) is 5.94. The van der Waals surface area contributed by atoms with Gasteiger partial charge < -0.3 is 29.2 Å². The molecule has 0 spiro atoms. The summed E-state index contributed by atoms with van der Waals surface area (Å²) in [5.74, 6) is 0.915. The first-order chi connectivity index (χ1) is 14.5. The summed E-state index contributed by atoms with van der Waals surface area (Å²) in [6.07, 6.45) is 1.24. The summed E-state index contributed by atoms with van der Waals surface area (Å²) in [7, 11) is 6.04. The molecule has 11 nitrogen and oxygen atoms in total. The summed E-state index contributed by atoms with van der Waals surface area (Å²) >= 11 is 6.20. The van der Waals surface area contributed by atoms with Gasteiger partial charge in [-0.25, -0.2) is 9.97 Å². The zero-order valence-electron chi connectivity index (χ0n) is 17.2. The molecule has 0 bridgehead atoms. The Morgan fingerprint density at radius 3 is 2.23 bits per heavy atom. The third-order valence-corrected chi connectivity index (χ3v) is 4.44. The van der Waals surface area contributed by atoms with E-state index < -0.39 is 4.92 Å². The van der Waals surface area contributed by atoms with Crippen LogP contribution < -0.4 is 19.7 Å². The minimum atomic E-state index is -0.540. The second-order valence-corrected chi connectivity index (χ2v) is 6.34. The molecule has 0 aliphatic heterocycles. The Morgan fingerprint density at radius 2 is 1.70 bits per heavy atom. The summed E-state index contributed by atoms with van der Waals surface area (Å²) in [6, 6.07) is 3.11. The highest BCUT2D eigenvalue weighted by Gasteiger charge is 2.28. The molecule has 0 atom stereocenters. The highest BCUT2D eigenvalue weighted by Crippen LogP contribution is 2.40. The van der Waals surface area contributed by atoms with E-state index in [2.05, 4.69) is 15.3 Å². The number of halogens is 1. The monoisotopic (exact) mass is 441 g/mol. The van der Waals surface area contributed by atoms with Gasteiger partial charge in [0, 0.05) is 33.4 Å². The van der Waals surface area contributed by atoms with Gasteiger partial charge in [0.25, 0.3) is 0 Å². The lowest BCUT2D eigenvalue weighted by molar-refractivity contribution is -0.383.